The number of fused-ring (bicyclic) bond motifs is 1. The van der Waals surface area contributed by atoms with E-state index in [-0.39, 0.29) is 28.8 Å². The first-order chi connectivity index (χ1) is 17.6. The van der Waals surface area contributed by atoms with Crippen molar-refractivity contribution in [3.63, 3.8) is 0 Å². The van der Waals surface area contributed by atoms with E-state index >= 15 is 0 Å². The SMILES string of the molecule is CO[C@]12OO[C@](C)(CO[Si](c3ccccc3)(c3ccccc3)C(C)(C)C)C=C1C(=O)C(C)(C)C(=O)C2(C)C. The molecular formula is C31H40O6Si. The minimum Gasteiger partial charge on any atom is -0.404 e. The number of hydrogen-bond donors (Lipinski definition) is 0. The molecule has 2 aliphatic rings. The zero-order valence-corrected chi connectivity index (χ0v) is 25.0. The summed E-state index contributed by atoms with van der Waals surface area (Å²) in [6.07, 6.45) is 1.75. The van der Waals surface area contributed by atoms with Crippen LogP contribution in [-0.2, 0) is 28.5 Å². The van der Waals surface area contributed by atoms with Crippen molar-refractivity contribution in [2.24, 2.45) is 10.8 Å². The molecule has 1 saturated carbocycles. The van der Waals surface area contributed by atoms with Gasteiger partial charge in [0.15, 0.2) is 11.6 Å². The highest BCUT2D eigenvalue weighted by Gasteiger charge is 2.68. The fraction of sp³-hybridized carbons (Fsp3) is 0.484. The van der Waals surface area contributed by atoms with Crippen LogP contribution in [0.5, 0.6) is 0 Å². The second-order valence-corrected chi connectivity index (χ2v) is 17.0. The summed E-state index contributed by atoms with van der Waals surface area (Å²) in [5.74, 6) is -2.23. The molecule has 1 fully saturated rings. The molecule has 38 heavy (non-hydrogen) atoms. The summed E-state index contributed by atoms with van der Waals surface area (Å²) in [5.41, 5.74) is -3.20. The Hall–Kier alpha value is -2.42. The number of carbonyl (C=O) groups is 2. The molecule has 0 spiro atoms. The largest absolute Gasteiger partial charge is 0.404 e. The van der Waals surface area contributed by atoms with Crippen LogP contribution < -0.4 is 10.4 Å². The molecule has 0 radical (unpaired) electrons. The second kappa shape index (κ2) is 9.35. The van der Waals surface area contributed by atoms with Crippen LogP contribution in [0.4, 0.5) is 0 Å². The lowest BCUT2D eigenvalue weighted by Gasteiger charge is -2.54. The smallest absolute Gasteiger partial charge is 0.261 e. The Bertz CT molecular complexity index is 1200. The van der Waals surface area contributed by atoms with E-state index in [9.17, 15) is 9.59 Å². The maximum absolute atomic E-state index is 13.7. The van der Waals surface area contributed by atoms with E-state index in [1.165, 1.54) is 7.11 Å². The third kappa shape index (κ3) is 4.07. The van der Waals surface area contributed by atoms with Gasteiger partial charge in [-0.2, -0.15) is 4.89 Å². The second-order valence-electron chi connectivity index (χ2n) is 12.7. The molecule has 2 atom stereocenters. The molecule has 0 bridgehead atoms. The van der Waals surface area contributed by atoms with Gasteiger partial charge in [-0.05, 0) is 56.1 Å². The van der Waals surface area contributed by atoms with Gasteiger partial charge < -0.3 is 9.16 Å². The Morgan fingerprint density at radius 1 is 0.816 bits per heavy atom. The van der Waals surface area contributed by atoms with Gasteiger partial charge in [-0.1, -0.05) is 81.4 Å². The number of carbonyl (C=O) groups excluding carboxylic acids is 2. The molecule has 0 aromatic heterocycles. The zero-order valence-electron chi connectivity index (χ0n) is 24.0. The van der Waals surface area contributed by atoms with Crippen molar-refractivity contribution in [1.82, 2.24) is 0 Å². The zero-order chi connectivity index (χ0) is 28.2. The van der Waals surface area contributed by atoms with Gasteiger partial charge in [0.1, 0.15) is 5.60 Å². The molecule has 1 aliphatic heterocycles. The van der Waals surface area contributed by atoms with E-state index in [4.69, 9.17) is 18.9 Å². The van der Waals surface area contributed by atoms with Gasteiger partial charge in [-0.15, -0.1) is 0 Å². The molecule has 1 heterocycles. The molecule has 2 aromatic rings. The molecule has 0 amide bonds. The molecule has 6 nitrogen and oxygen atoms in total. The fourth-order valence-corrected chi connectivity index (χ4v) is 10.8. The monoisotopic (exact) mass is 536 g/mol. The van der Waals surface area contributed by atoms with Gasteiger partial charge in [0.05, 0.1) is 23.0 Å². The highest BCUT2D eigenvalue weighted by Crippen LogP contribution is 2.54. The van der Waals surface area contributed by atoms with Gasteiger partial charge in [0.25, 0.3) is 8.32 Å². The number of ether oxygens (including phenoxy) is 1. The number of Topliss-reactive ketones (excluding diaryl/α,β-unsaturated/α-hetero) is 2. The Morgan fingerprint density at radius 3 is 1.76 bits per heavy atom. The van der Waals surface area contributed by atoms with E-state index in [1.54, 1.807) is 33.8 Å². The van der Waals surface area contributed by atoms with Gasteiger partial charge in [-0.3, -0.25) is 9.59 Å². The summed E-state index contributed by atoms with van der Waals surface area (Å²) in [6, 6.07) is 20.7. The summed E-state index contributed by atoms with van der Waals surface area (Å²) in [4.78, 5) is 39.0. The topological polar surface area (TPSA) is 71.1 Å². The Kier molecular flexibility index (Phi) is 7.03. The molecule has 1 aliphatic carbocycles. The Morgan fingerprint density at radius 2 is 1.32 bits per heavy atom. The van der Waals surface area contributed by atoms with Crippen molar-refractivity contribution >= 4 is 30.3 Å². The van der Waals surface area contributed by atoms with Crippen molar-refractivity contribution < 1.29 is 28.5 Å². The average molecular weight is 537 g/mol. The normalized spacial score (nSPS) is 27.0. The van der Waals surface area contributed by atoms with E-state index in [0.717, 1.165) is 10.4 Å². The lowest BCUT2D eigenvalue weighted by atomic mass is 9.57. The number of methoxy groups -OCH3 is 1. The van der Waals surface area contributed by atoms with Crippen LogP contribution in [0.15, 0.2) is 72.3 Å². The maximum atomic E-state index is 13.7. The van der Waals surface area contributed by atoms with Gasteiger partial charge in [0.2, 0.25) is 5.79 Å². The number of hydrogen-bond acceptors (Lipinski definition) is 6. The summed E-state index contributed by atoms with van der Waals surface area (Å²) in [7, 11) is -1.44. The van der Waals surface area contributed by atoms with Crippen LogP contribution in [0, 0.1) is 10.8 Å². The van der Waals surface area contributed by atoms with Crippen LogP contribution >= 0.6 is 0 Å². The highest BCUT2D eigenvalue weighted by atomic mass is 28.4. The summed E-state index contributed by atoms with van der Waals surface area (Å²) in [5, 5.41) is 2.04. The van der Waals surface area contributed by atoms with E-state index in [1.807, 2.05) is 43.3 Å². The molecule has 4 rings (SSSR count). The van der Waals surface area contributed by atoms with Crippen LogP contribution in [0.25, 0.3) is 0 Å². The first kappa shape index (κ1) is 28.6. The number of benzene rings is 2. The van der Waals surface area contributed by atoms with Crippen LogP contribution in [0.2, 0.25) is 5.04 Å². The fourth-order valence-electron chi connectivity index (χ4n) is 6.13. The van der Waals surface area contributed by atoms with Crippen molar-refractivity contribution in [3.05, 3.63) is 72.3 Å². The standard InChI is InChI=1S/C31H40O6Si/c1-27(2,3)38(22-16-12-10-13-17-22,23-18-14-11-15-19-23)35-21-30(8)20-24-25(32)28(4,5)26(33)29(6,7)31(24,34-9)37-36-30/h10-20H,21H2,1-9H3/t30-,31-/m0/s1. The molecule has 0 saturated heterocycles. The predicted octanol–water partition coefficient (Wildman–Crippen LogP) is 4.76. The number of ketones is 2. The third-order valence-corrected chi connectivity index (χ3v) is 13.2. The van der Waals surface area contributed by atoms with Crippen molar-refractivity contribution in [2.75, 3.05) is 13.7 Å². The van der Waals surface area contributed by atoms with Crippen molar-refractivity contribution in [3.8, 4) is 0 Å². The molecular weight excluding hydrogens is 496 g/mol. The molecule has 0 N–H and O–H groups in total. The van der Waals surface area contributed by atoms with Crippen LogP contribution in [0.3, 0.4) is 0 Å². The minimum atomic E-state index is -2.87. The first-order valence-corrected chi connectivity index (χ1v) is 15.0. The first-order valence-electron chi connectivity index (χ1n) is 13.1. The number of rotatable bonds is 6. The Balaban J connectivity index is 1.82. The van der Waals surface area contributed by atoms with Gasteiger partial charge >= 0.3 is 0 Å². The average Bonchev–Trinajstić information content (AvgIpc) is 2.88. The Labute approximate surface area is 227 Å². The summed E-state index contributed by atoms with van der Waals surface area (Å²) >= 11 is 0. The van der Waals surface area contributed by atoms with Gasteiger partial charge in [0, 0.05) is 7.11 Å². The maximum Gasteiger partial charge on any atom is 0.261 e. The van der Waals surface area contributed by atoms with E-state index in [0.29, 0.717) is 0 Å². The van der Waals surface area contributed by atoms with Crippen LogP contribution in [0.1, 0.15) is 55.4 Å². The lowest BCUT2D eigenvalue weighted by molar-refractivity contribution is -0.470. The van der Waals surface area contributed by atoms with E-state index in [2.05, 4.69) is 45.0 Å². The van der Waals surface area contributed by atoms with E-state index < -0.39 is 30.5 Å². The summed E-state index contributed by atoms with van der Waals surface area (Å²) in [6.45, 7) is 15.3. The van der Waals surface area contributed by atoms with Crippen LogP contribution in [-0.4, -0.2) is 45.0 Å². The van der Waals surface area contributed by atoms with Crippen molar-refractivity contribution in [2.45, 2.75) is 71.8 Å². The van der Waals surface area contributed by atoms with Gasteiger partial charge in [-0.25, -0.2) is 4.89 Å². The minimum absolute atomic E-state index is 0.131. The molecule has 2 aromatic carbocycles. The molecule has 7 heteroatoms. The quantitative estimate of drug-likeness (QED) is 0.301. The highest BCUT2D eigenvalue weighted by molar-refractivity contribution is 6.99. The lowest BCUT2D eigenvalue weighted by Crippen LogP contribution is -2.69. The molecule has 204 valence electrons. The molecule has 0 unspecified atom stereocenters. The third-order valence-electron chi connectivity index (χ3n) is 8.20. The van der Waals surface area contributed by atoms with Crippen molar-refractivity contribution in [1.29, 1.82) is 0 Å². The predicted molar refractivity (Wildman–Crippen MR) is 150 cm³/mol. The summed E-state index contributed by atoms with van der Waals surface area (Å²) < 4.78 is 12.9.